The Morgan fingerprint density at radius 1 is 1.41 bits per heavy atom. The molecule has 3 nitrogen and oxygen atoms in total. The van der Waals surface area contributed by atoms with E-state index in [0.29, 0.717) is 0 Å². The molecule has 1 saturated carbocycles. The Hall–Kier alpha value is -0.590. The van der Waals surface area contributed by atoms with Gasteiger partial charge in [-0.15, -0.1) is 0 Å². The molecule has 0 amide bonds. The summed E-state index contributed by atoms with van der Waals surface area (Å²) in [5.74, 6) is 0.784. The van der Waals surface area contributed by atoms with Crippen molar-refractivity contribution in [3.8, 4) is 6.07 Å². The fraction of sp³-hybridized carbons (Fsp3) is 0.929. The first kappa shape index (κ1) is 14.5. The maximum Gasteiger partial charge on any atom is 0.0684 e. The third-order valence-corrected chi connectivity index (χ3v) is 4.09. The lowest BCUT2D eigenvalue weighted by Gasteiger charge is -2.39. The van der Waals surface area contributed by atoms with Crippen molar-refractivity contribution < 1.29 is 5.11 Å². The van der Waals surface area contributed by atoms with Crippen LogP contribution in [0.2, 0.25) is 0 Å². The normalized spacial score (nSPS) is 29.9. The number of nitrogens with one attached hydrogen (secondary N) is 1. The third-order valence-electron chi connectivity index (χ3n) is 4.09. The molecule has 0 aromatic rings. The Balaban J connectivity index is 2.40. The van der Waals surface area contributed by atoms with Crippen LogP contribution >= 0.6 is 0 Å². The highest BCUT2D eigenvalue weighted by molar-refractivity contribution is 4.95. The van der Waals surface area contributed by atoms with Crippen LogP contribution in [-0.2, 0) is 0 Å². The van der Waals surface area contributed by atoms with E-state index in [0.717, 1.165) is 31.7 Å². The molecule has 0 unspecified atom stereocenters. The van der Waals surface area contributed by atoms with Crippen LogP contribution in [0.15, 0.2) is 0 Å². The van der Waals surface area contributed by atoms with Gasteiger partial charge in [0.25, 0.3) is 0 Å². The van der Waals surface area contributed by atoms with Gasteiger partial charge in [0.1, 0.15) is 0 Å². The van der Waals surface area contributed by atoms with Gasteiger partial charge in [-0.1, -0.05) is 6.92 Å². The van der Waals surface area contributed by atoms with Gasteiger partial charge in [-0.3, -0.25) is 0 Å². The fourth-order valence-electron chi connectivity index (χ4n) is 2.40. The Morgan fingerprint density at radius 2 is 2.00 bits per heavy atom. The molecular formula is C14H26N2O. The number of nitriles is 1. The number of nitrogens with zero attached hydrogens (tertiary/aromatic N) is 1. The summed E-state index contributed by atoms with van der Waals surface area (Å²) in [6, 6.07) is 2.31. The highest BCUT2D eigenvalue weighted by Gasteiger charge is 2.33. The molecule has 0 heterocycles. The summed E-state index contributed by atoms with van der Waals surface area (Å²) >= 11 is 0. The molecule has 0 aromatic heterocycles. The first-order chi connectivity index (χ1) is 7.93. The summed E-state index contributed by atoms with van der Waals surface area (Å²) < 4.78 is 0. The number of hydrogen-bond acceptors (Lipinski definition) is 3. The zero-order valence-corrected chi connectivity index (χ0v) is 11.4. The maximum absolute atomic E-state index is 9.59. The monoisotopic (exact) mass is 238 g/mol. The third kappa shape index (κ3) is 4.29. The second kappa shape index (κ2) is 5.84. The predicted octanol–water partition coefficient (Wildman–Crippen LogP) is 2.46. The van der Waals surface area contributed by atoms with Crippen LogP contribution in [0.5, 0.6) is 0 Å². The van der Waals surface area contributed by atoms with Crippen molar-refractivity contribution in [1.29, 1.82) is 5.26 Å². The van der Waals surface area contributed by atoms with E-state index in [1.54, 1.807) is 0 Å². The molecule has 0 spiro atoms. The van der Waals surface area contributed by atoms with E-state index < -0.39 is 0 Å². The first-order valence-electron chi connectivity index (χ1n) is 6.70. The standard InChI is InChI=1S/C14H26N2O/c1-12-4-6-14(11-17,7-5-12)16-9-8-13(2,3)10-15/h12,16-17H,4-9,11H2,1-3H3. The topological polar surface area (TPSA) is 56.0 Å². The van der Waals surface area contributed by atoms with Gasteiger partial charge in [0.15, 0.2) is 0 Å². The zero-order valence-electron chi connectivity index (χ0n) is 11.4. The summed E-state index contributed by atoms with van der Waals surface area (Å²) in [7, 11) is 0. The highest BCUT2D eigenvalue weighted by Crippen LogP contribution is 2.31. The van der Waals surface area contributed by atoms with E-state index in [2.05, 4.69) is 18.3 Å². The molecule has 1 aliphatic carbocycles. The SMILES string of the molecule is CC1CCC(CO)(NCCC(C)(C)C#N)CC1. The Kier molecular flexibility index (Phi) is 4.97. The van der Waals surface area contributed by atoms with E-state index in [4.69, 9.17) is 5.26 Å². The Bertz CT molecular complexity index is 272. The number of rotatable bonds is 5. The Labute approximate surface area is 105 Å². The van der Waals surface area contributed by atoms with Crippen LogP contribution in [0, 0.1) is 22.7 Å². The molecule has 1 aliphatic rings. The molecule has 0 aromatic carbocycles. The van der Waals surface area contributed by atoms with E-state index in [-0.39, 0.29) is 17.6 Å². The molecule has 0 aliphatic heterocycles. The largest absolute Gasteiger partial charge is 0.394 e. The van der Waals surface area contributed by atoms with Crippen molar-refractivity contribution in [2.45, 2.75) is 58.4 Å². The summed E-state index contributed by atoms with van der Waals surface area (Å²) in [6.45, 7) is 7.23. The van der Waals surface area contributed by atoms with Crippen molar-refractivity contribution in [3.05, 3.63) is 0 Å². The van der Waals surface area contributed by atoms with Gasteiger partial charge in [0.2, 0.25) is 0 Å². The summed E-state index contributed by atoms with van der Waals surface area (Å²) in [5, 5.41) is 22.0. The van der Waals surface area contributed by atoms with E-state index in [1.165, 1.54) is 12.8 Å². The predicted molar refractivity (Wildman–Crippen MR) is 69.5 cm³/mol. The average Bonchev–Trinajstić information content (AvgIpc) is 2.32. The summed E-state index contributed by atoms with van der Waals surface area (Å²) in [5.41, 5.74) is -0.357. The van der Waals surface area contributed by atoms with Crippen LogP contribution in [0.3, 0.4) is 0 Å². The van der Waals surface area contributed by atoms with Crippen molar-refractivity contribution in [2.24, 2.45) is 11.3 Å². The molecule has 0 bridgehead atoms. The molecule has 2 N–H and O–H groups in total. The number of aliphatic hydroxyl groups excluding tert-OH is 1. The van der Waals surface area contributed by atoms with Crippen LogP contribution in [0.25, 0.3) is 0 Å². The second-order valence-corrected chi connectivity index (χ2v) is 6.29. The number of hydrogen-bond donors (Lipinski definition) is 2. The van der Waals surface area contributed by atoms with Gasteiger partial charge in [-0.05, 0) is 58.4 Å². The van der Waals surface area contributed by atoms with Crippen LogP contribution in [-0.4, -0.2) is 23.8 Å². The lowest BCUT2D eigenvalue weighted by Crippen LogP contribution is -2.51. The molecule has 0 saturated heterocycles. The minimum absolute atomic E-state index is 0.0853. The minimum atomic E-state index is -0.272. The number of aliphatic hydroxyl groups is 1. The van der Waals surface area contributed by atoms with Crippen molar-refractivity contribution in [2.75, 3.05) is 13.2 Å². The van der Waals surface area contributed by atoms with E-state index >= 15 is 0 Å². The van der Waals surface area contributed by atoms with Crippen LogP contribution in [0.4, 0.5) is 0 Å². The van der Waals surface area contributed by atoms with Gasteiger partial charge in [-0.2, -0.15) is 5.26 Å². The molecule has 1 fully saturated rings. The van der Waals surface area contributed by atoms with Crippen molar-refractivity contribution >= 4 is 0 Å². The van der Waals surface area contributed by atoms with E-state index in [9.17, 15) is 5.11 Å². The molecule has 0 radical (unpaired) electrons. The molecule has 98 valence electrons. The molecule has 0 atom stereocenters. The average molecular weight is 238 g/mol. The Morgan fingerprint density at radius 3 is 2.47 bits per heavy atom. The lowest BCUT2D eigenvalue weighted by molar-refractivity contribution is 0.103. The lowest BCUT2D eigenvalue weighted by atomic mass is 9.77. The van der Waals surface area contributed by atoms with Crippen molar-refractivity contribution in [3.63, 3.8) is 0 Å². The smallest absolute Gasteiger partial charge is 0.0684 e. The zero-order chi connectivity index (χ0) is 12.9. The maximum atomic E-state index is 9.59. The molecule has 3 heteroatoms. The van der Waals surface area contributed by atoms with Crippen LogP contribution < -0.4 is 5.32 Å². The molecule has 1 rings (SSSR count). The van der Waals surface area contributed by atoms with Crippen molar-refractivity contribution in [1.82, 2.24) is 5.32 Å². The van der Waals surface area contributed by atoms with Gasteiger partial charge in [-0.25, -0.2) is 0 Å². The van der Waals surface area contributed by atoms with Gasteiger partial charge in [0.05, 0.1) is 18.1 Å². The van der Waals surface area contributed by atoms with Crippen LogP contribution in [0.1, 0.15) is 52.9 Å². The minimum Gasteiger partial charge on any atom is -0.394 e. The van der Waals surface area contributed by atoms with E-state index in [1.807, 2.05) is 13.8 Å². The second-order valence-electron chi connectivity index (χ2n) is 6.29. The highest BCUT2D eigenvalue weighted by atomic mass is 16.3. The molecule has 17 heavy (non-hydrogen) atoms. The fourth-order valence-corrected chi connectivity index (χ4v) is 2.40. The van der Waals surface area contributed by atoms with Gasteiger partial charge < -0.3 is 10.4 Å². The summed E-state index contributed by atoms with van der Waals surface area (Å²) in [4.78, 5) is 0. The quantitative estimate of drug-likeness (QED) is 0.773. The molecular weight excluding hydrogens is 212 g/mol. The van der Waals surface area contributed by atoms with Gasteiger partial charge >= 0.3 is 0 Å². The first-order valence-corrected chi connectivity index (χ1v) is 6.70. The van der Waals surface area contributed by atoms with Gasteiger partial charge in [0, 0.05) is 5.54 Å². The summed E-state index contributed by atoms with van der Waals surface area (Å²) in [6.07, 6.45) is 5.32.